The van der Waals surface area contributed by atoms with Crippen LogP contribution >= 0.6 is 34.8 Å². The Labute approximate surface area is 159 Å². The lowest BCUT2D eigenvalue weighted by Gasteiger charge is -2.09. The van der Waals surface area contributed by atoms with Crippen LogP contribution < -0.4 is 5.32 Å². The number of rotatable bonds is 5. The number of anilines is 1. The number of pyridine rings is 1. The number of ether oxygens (including phenoxy) is 1. The summed E-state index contributed by atoms with van der Waals surface area (Å²) in [6.45, 7) is 1.23. The van der Waals surface area contributed by atoms with Crippen LogP contribution in [-0.2, 0) is 14.3 Å². The van der Waals surface area contributed by atoms with Crippen LogP contribution in [0.5, 0.6) is 0 Å². The highest BCUT2D eigenvalue weighted by molar-refractivity contribution is 6.37. The summed E-state index contributed by atoms with van der Waals surface area (Å²) in [5.41, 5.74) is 1.37. The molecule has 5 nitrogen and oxygen atoms in total. The molecule has 0 radical (unpaired) electrons. The summed E-state index contributed by atoms with van der Waals surface area (Å²) in [5, 5.41) is 3.68. The normalized spacial score (nSPS) is 10.7. The van der Waals surface area contributed by atoms with Gasteiger partial charge in [0.05, 0.1) is 10.0 Å². The van der Waals surface area contributed by atoms with E-state index < -0.39 is 18.5 Å². The van der Waals surface area contributed by atoms with Gasteiger partial charge in [0, 0.05) is 17.3 Å². The third kappa shape index (κ3) is 5.74. The molecular formula is C17H13Cl3N2O3. The van der Waals surface area contributed by atoms with Crippen LogP contribution in [0.3, 0.4) is 0 Å². The van der Waals surface area contributed by atoms with Gasteiger partial charge in [0.15, 0.2) is 12.4 Å². The van der Waals surface area contributed by atoms with Gasteiger partial charge in [-0.1, -0.05) is 46.9 Å². The van der Waals surface area contributed by atoms with Crippen molar-refractivity contribution < 1.29 is 14.3 Å². The maximum Gasteiger partial charge on any atom is 0.331 e. The van der Waals surface area contributed by atoms with Gasteiger partial charge in [-0.2, -0.15) is 0 Å². The third-order valence-electron chi connectivity index (χ3n) is 3.09. The highest BCUT2D eigenvalue weighted by Gasteiger charge is 2.12. The molecule has 0 atom stereocenters. The molecule has 1 aromatic carbocycles. The molecule has 1 heterocycles. The van der Waals surface area contributed by atoms with Crippen molar-refractivity contribution >= 4 is 58.6 Å². The summed E-state index contributed by atoms with van der Waals surface area (Å²) >= 11 is 17.7. The van der Waals surface area contributed by atoms with E-state index in [0.29, 0.717) is 15.6 Å². The lowest BCUT2D eigenvalue weighted by molar-refractivity contribution is -0.142. The van der Waals surface area contributed by atoms with Gasteiger partial charge in [0.2, 0.25) is 0 Å². The van der Waals surface area contributed by atoms with Crippen LogP contribution in [0.25, 0.3) is 6.08 Å². The fourth-order valence-corrected chi connectivity index (χ4v) is 2.25. The first-order chi connectivity index (χ1) is 11.9. The summed E-state index contributed by atoms with van der Waals surface area (Å²) in [5.74, 6) is -1.07. The first-order valence-corrected chi connectivity index (χ1v) is 8.21. The van der Waals surface area contributed by atoms with Crippen molar-refractivity contribution in [1.82, 2.24) is 4.98 Å². The van der Waals surface area contributed by atoms with Crippen molar-refractivity contribution in [2.24, 2.45) is 0 Å². The number of esters is 1. The van der Waals surface area contributed by atoms with Crippen molar-refractivity contribution in [3.8, 4) is 0 Å². The van der Waals surface area contributed by atoms with Gasteiger partial charge in [-0.3, -0.25) is 4.79 Å². The number of nitrogens with zero attached hydrogens (tertiary/aromatic N) is 1. The van der Waals surface area contributed by atoms with Crippen LogP contribution in [0.2, 0.25) is 15.1 Å². The third-order valence-corrected chi connectivity index (χ3v) is 4.18. The highest BCUT2D eigenvalue weighted by Crippen LogP contribution is 2.28. The van der Waals surface area contributed by atoms with Gasteiger partial charge in [-0.05, 0) is 36.3 Å². The minimum atomic E-state index is -0.656. The van der Waals surface area contributed by atoms with Crippen LogP contribution in [0.15, 0.2) is 36.5 Å². The number of amides is 1. The average molecular weight is 400 g/mol. The van der Waals surface area contributed by atoms with Gasteiger partial charge < -0.3 is 10.1 Å². The number of nitrogens with one attached hydrogen (secondary N) is 1. The van der Waals surface area contributed by atoms with Gasteiger partial charge in [0.1, 0.15) is 0 Å². The summed E-state index contributed by atoms with van der Waals surface area (Å²) in [7, 11) is 0. The zero-order chi connectivity index (χ0) is 18.4. The number of halogens is 3. The van der Waals surface area contributed by atoms with E-state index in [1.54, 1.807) is 37.3 Å². The molecule has 2 rings (SSSR count). The molecular weight excluding hydrogens is 387 g/mol. The largest absolute Gasteiger partial charge is 0.452 e. The molecule has 0 saturated heterocycles. The van der Waals surface area contributed by atoms with Gasteiger partial charge >= 0.3 is 5.97 Å². The first-order valence-electron chi connectivity index (χ1n) is 7.07. The van der Waals surface area contributed by atoms with Crippen LogP contribution in [0.4, 0.5) is 5.82 Å². The van der Waals surface area contributed by atoms with Gasteiger partial charge in [-0.25, -0.2) is 9.78 Å². The van der Waals surface area contributed by atoms with E-state index in [0.717, 1.165) is 5.56 Å². The summed E-state index contributed by atoms with van der Waals surface area (Å²) in [6.07, 6.45) is 4.14. The standard InChI is InChI=1S/C17H13Cl3N2O3/c1-10-13(19)8-21-17(16(10)20)22-14(23)9-25-15(24)7-4-11-2-5-12(18)6-3-11/h2-8H,9H2,1H3,(H,21,22,23). The first kappa shape index (κ1) is 19.2. The molecule has 0 spiro atoms. The van der Waals surface area contributed by atoms with Crippen molar-refractivity contribution in [2.45, 2.75) is 6.92 Å². The maximum atomic E-state index is 11.8. The number of aromatic nitrogens is 1. The van der Waals surface area contributed by atoms with E-state index in [4.69, 9.17) is 39.5 Å². The van der Waals surface area contributed by atoms with Gasteiger partial charge in [0.25, 0.3) is 5.91 Å². The maximum absolute atomic E-state index is 11.8. The molecule has 0 aliphatic heterocycles. The molecule has 1 N–H and O–H groups in total. The molecule has 130 valence electrons. The molecule has 0 aliphatic rings. The second-order valence-electron chi connectivity index (χ2n) is 4.93. The molecule has 1 amide bonds. The predicted molar refractivity (Wildman–Crippen MR) is 99.1 cm³/mol. The van der Waals surface area contributed by atoms with Crippen LogP contribution in [0, 0.1) is 6.92 Å². The molecule has 25 heavy (non-hydrogen) atoms. The Bertz CT molecular complexity index is 821. The van der Waals surface area contributed by atoms with E-state index in [1.165, 1.54) is 12.3 Å². The molecule has 0 aliphatic carbocycles. The Kier molecular flexibility index (Phi) is 6.82. The van der Waals surface area contributed by atoms with Crippen LogP contribution in [0.1, 0.15) is 11.1 Å². The topological polar surface area (TPSA) is 68.3 Å². The number of hydrogen-bond acceptors (Lipinski definition) is 4. The Morgan fingerprint density at radius 2 is 1.88 bits per heavy atom. The van der Waals surface area contributed by atoms with E-state index >= 15 is 0 Å². The Balaban J connectivity index is 1.86. The minimum absolute atomic E-state index is 0.154. The van der Waals surface area contributed by atoms with Crippen molar-refractivity contribution in [3.63, 3.8) is 0 Å². The molecule has 2 aromatic rings. The Morgan fingerprint density at radius 1 is 1.20 bits per heavy atom. The number of carbonyl (C=O) groups is 2. The second kappa shape index (κ2) is 8.85. The van der Waals surface area contributed by atoms with Crippen LogP contribution in [-0.4, -0.2) is 23.5 Å². The van der Waals surface area contributed by atoms with Crippen molar-refractivity contribution in [3.05, 3.63) is 62.7 Å². The lowest BCUT2D eigenvalue weighted by atomic mass is 10.2. The number of benzene rings is 1. The van der Waals surface area contributed by atoms with Gasteiger partial charge in [-0.15, -0.1) is 0 Å². The Hall–Kier alpha value is -2.08. The molecule has 0 saturated carbocycles. The number of carbonyl (C=O) groups excluding carboxylic acids is 2. The fourth-order valence-electron chi connectivity index (χ4n) is 1.74. The molecule has 0 bridgehead atoms. The molecule has 8 heteroatoms. The molecule has 0 unspecified atom stereocenters. The second-order valence-corrected chi connectivity index (χ2v) is 6.16. The lowest BCUT2D eigenvalue weighted by Crippen LogP contribution is -2.21. The van der Waals surface area contributed by atoms with Crippen molar-refractivity contribution in [1.29, 1.82) is 0 Å². The van der Waals surface area contributed by atoms with E-state index in [2.05, 4.69) is 10.3 Å². The molecule has 1 aromatic heterocycles. The molecule has 0 fully saturated rings. The Morgan fingerprint density at radius 3 is 2.56 bits per heavy atom. The smallest absolute Gasteiger partial charge is 0.331 e. The quantitative estimate of drug-likeness (QED) is 0.592. The predicted octanol–water partition coefficient (Wildman–Crippen LogP) is 4.55. The summed E-state index contributed by atoms with van der Waals surface area (Å²) in [6, 6.07) is 6.89. The van der Waals surface area contributed by atoms with Crippen molar-refractivity contribution in [2.75, 3.05) is 11.9 Å². The minimum Gasteiger partial charge on any atom is -0.452 e. The van der Waals surface area contributed by atoms with E-state index in [1.807, 2.05) is 0 Å². The number of hydrogen-bond donors (Lipinski definition) is 1. The average Bonchev–Trinajstić information content (AvgIpc) is 2.60. The summed E-state index contributed by atoms with van der Waals surface area (Å²) in [4.78, 5) is 27.4. The zero-order valence-electron chi connectivity index (χ0n) is 13.1. The zero-order valence-corrected chi connectivity index (χ0v) is 15.3. The SMILES string of the molecule is Cc1c(Cl)cnc(NC(=O)COC(=O)C=Cc2ccc(Cl)cc2)c1Cl. The fraction of sp³-hybridized carbons (Fsp3) is 0.118. The van der Waals surface area contributed by atoms with E-state index in [-0.39, 0.29) is 10.8 Å². The van der Waals surface area contributed by atoms with E-state index in [9.17, 15) is 9.59 Å². The summed E-state index contributed by atoms with van der Waals surface area (Å²) < 4.78 is 4.85. The monoisotopic (exact) mass is 398 g/mol. The highest BCUT2D eigenvalue weighted by atomic mass is 35.5.